The van der Waals surface area contributed by atoms with E-state index < -0.39 is 12.1 Å². The zero-order chi connectivity index (χ0) is 32.2. The van der Waals surface area contributed by atoms with Crippen molar-refractivity contribution in [3.63, 3.8) is 0 Å². The van der Waals surface area contributed by atoms with Crippen molar-refractivity contribution in [2.45, 2.75) is 219 Å². The van der Waals surface area contributed by atoms with Crippen LogP contribution in [-0.4, -0.2) is 34.9 Å². The Hall–Kier alpha value is -1.13. The average molecular weight is 620 g/mol. The number of hydrogen-bond donors (Lipinski definition) is 3. The molecular formula is C40H77NO3. The molecule has 0 aliphatic rings. The minimum absolute atomic E-state index is 0.0758. The summed E-state index contributed by atoms with van der Waals surface area (Å²) in [4.78, 5) is 12.3. The number of amides is 1. The first-order valence-corrected chi connectivity index (χ1v) is 19.6. The fourth-order valence-corrected chi connectivity index (χ4v) is 5.91. The molecule has 44 heavy (non-hydrogen) atoms. The first-order valence-electron chi connectivity index (χ1n) is 19.6. The van der Waals surface area contributed by atoms with Crippen LogP contribution in [-0.2, 0) is 4.79 Å². The lowest BCUT2D eigenvalue weighted by atomic mass is 10.0. The van der Waals surface area contributed by atoms with Gasteiger partial charge in [0.05, 0.1) is 18.8 Å². The molecule has 260 valence electrons. The molecule has 0 aliphatic carbocycles. The fraction of sp³-hybridized carbons (Fsp3) is 0.875. The van der Waals surface area contributed by atoms with E-state index in [1.807, 2.05) is 6.08 Å². The molecule has 1 amide bonds. The van der Waals surface area contributed by atoms with Crippen molar-refractivity contribution >= 4 is 5.91 Å². The first kappa shape index (κ1) is 42.9. The Labute approximate surface area is 275 Å². The number of rotatable bonds is 35. The Bertz CT molecular complexity index is 632. The smallest absolute Gasteiger partial charge is 0.220 e. The molecule has 0 saturated heterocycles. The number of carbonyl (C=O) groups is 1. The molecule has 0 aromatic carbocycles. The maximum atomic E-state index is 12.3. The van der Waals surface area contributed by atoms with Crippen molar-refractivity contribution < 1.29 is 15.0 Å². The second-order valence-corrected chi connectivity index (χ2v) is 13.3. The van der Waals surface area contributed by atoms with E-state index in [9.17, 15) is 15.0 Å². The predicted molar refractivity (Wildman–Crippen MR) is 193 cm³/mol. The summed E-state index contributed by atoms with van der Waals surface area (Å²) in [6.07, 6.45) is 45.9. The van der Waals surface area contributed by atoms with Crippen molar-refractivity contribution in [1.82, 2.24) is 5.32 Å². The summed E-state index contributed by atoms with van der Waals surface area (Å²) in [7, 11) is 0. The molecular weight excluding hydrogens is 542 g/mol. The van der Waals surface area contributed by atoms with E-state index in [4.69, 9.17) is 0 Å². The molecule has 0 rings (SSSR count). The number of unbranched alkanes of at least 4 members (excludes halogenated alkanes) is 26. The molecule has 0 fully saturated rings. The Morgan fingerprint density at radius 1 is 0.523 bits per heavy atom. The third-order valence-electron chi connectivity index (χ3n) is 8.92. The van der Waals surface area contributed by atoms with Crippen LogP contribution in [0, 0.1) is 0 Å². The Balaban J connectivity index is 3.42. The summed E-state index contributed by atoms with van der Waals surface area (Å²) in [6.45, 7) is 4.20. The highest BCUT2D eigenvalue weighted by Gasteiger charge is 2.17. The van der Waals surface area contributed by atoms with Gasteiger partial charge >= 0.3 is 0 Å². The van der Waals surface area contributed by atoms with Gasteiger partial charge in [0.1, 0.15) is 0 Å². The van der Waals surface area contributed by atoms with Crippen LogP contribution >= 0.6 is 0 Å². The zero-order valence-electron chi connectivity index (χ0n) is 29.7. The van der Waals surface area contributed by atoms with Crippen LogP contribution in [0.25, 0.3) is 0 Å². The van der Waals surface area contributed by atoms with Gasteiger partial charge in [-0.2, -0.15) is 0 Å². The lowest BCUT2D eigenvalue weighted by Crippen LogP contribution is -2.45. The van der Waals surface area contributed by atoms with Crippen molar-refractivity contribution in [1.29, 1.82) is 0 Å². The topological polar surface area (TPSA) is 69.6 Å². The molecule has 3 N–H and O–H groups in total. The van der Waals surface area contributed by atoms with Gasteiger partial charge in [0, 0.05) is 6.42 Å². The highest BCUT2D eigenvalue weighted by atomic mass is 16.3. The van der Waals surface area contributed by atoms with Crippen molar-refractivity contribution in [3.8, 4) is 0 Å². The van der Waals surface area contributed by atoms with Crippen LogP contribution in [0.15, 0.2) is 24.3 Å². The summed E-state index contributed by atoms with van der Waals surface area (Å²) in [5, 5.41) is 22.7. The molecule has 0 aromatic heterocycles. The van der Waals surface area contributed by atoms with Crippen molar-refractivity contribution in [3.05, 3.63) is 24.3 Å². The summed E-state index contributed by atoms with van der Waals surface area (Å²) in [5.41, 5.74) is 0. The van der Waals surface area contributed by atoms with Crippen LogP contribution in [0.2, 0.25) is 0 Å². The Kier molecular flexibility index (Phi) is 35.4. The largest absolute Gasteiger partial charge is 0.394 e. The first-order chi connectivity index (χ1) is 21.7. The highest BCUT2D eigenvalue weighted by Crippen LogP contribution is 2.16. The maximum absolute atomic E-state index is 12.3. The SMILES string of the molecule is CCC/C=C/CC/C=C/C(O)C(CO)NC(=O)CCCCCCCCCCCCCCCCCCCCCCCCCCC. The summed E-state index contributed by atoms with van der Waals surface area (Å²) < 4.78 is 0. The third kappa shape index (κ3) is 32.3. The molecule has 4 heteroatoms. The van der Waals surface area contributed by atoms with Gasteiger partial charge in [-0.05, 0) is 25.7 Å². The molecule has 4 nitrogen and oxygen atoms in total. The molecule has 2 unspecified atom stereocenters. The zero-order valence-corrected chi connectivity index (χ0v) is 29.7. The van der Waals surface area contributed by atoms with E-state index in [1.54, 1.807) is 6.08 Å². The molecule has 0 saturated carbocycles. The van der Waals surface area contributed by atoms with Gasteiger partial charge in [0.15, 0.2) is 0 Å². The van der Waals surface area contributed by atoms with Crippen LogP contribution in [0.4, 0.5) is 0 Å². The Morgan fingerprint density at radius 2 is 0.886 bits per heavy atom. The number of nitrogens with one attached hydrogen (secondary N) is 1. The molecule has 0 radical (unpaired) electrons. The monoisotopic (exact) mass is 620 g/mol. The van der Waals surface area contributed by atoms with E-state index in [1.165, 1.54) is 148 Å². The van der Waals surface area contributed by atoms with Crippen molar-refractivity contribution in [2.75, 3.05) is 6.61 Å². The van der Waals surface area contributed by atoms with Crippen LogP contribution < -0.4 is 5.32 Å². The standard InChI is InChI=1S/C40H77NO3/c1-3-5-7-9-11-12-13-14-15-16-17-18-19-20-21-22-23-24-25-26-27-28-30-32-34-36-40(44)41-38(37-42)39(43)35-33-31-29-10-8-6-4-2/h8,10,33,35,38-39,42-43H,3-7,9,11-32,34,36-37H2,1-2H3,(H,41,44)/b10-8+,35-33+. The molecule has 0 heterocycles. The van der Waals surface area contributed by atoms with Gasteiger partial charge in [-0.3, -0.25) is 4.79 Å². The molecule has 0 aromatic rings. The van der Waals surface area contributed by atoms with Gasteiger partial charge in [-0.1, -0.05) is 199 Å². The van der Waals surface area contributed by atoms with Gasteiger partial charge < -0.3 is 15.5 Å². The summed E-state index contributed by atoms with van der Waals surface area (Å²) >= 11 is 0. The summed E-state index contributed by atoms with van der Waals surface area (Å²) in [6, 6.07) is -0.631. The lowest BCUT2D eigenvalue weighted by Gasteiger charge is -2.19. The maximum Gasteiger partial charge on any atom is 0.220 e. The molecule has 0 spiro atoms. The van der Waals surface area contributed by atoms with Crippen LogP contribution in [0.3, 0.4) is 0 Å². The number of hydrogen-bond acceptors (Lipinski definition) is 3. The van der Waals surface area contributed by atoms with Gasteiger partial charge in [-0.15, -0.1) is 0 Å². The van der Waals surface area contributed by atoms with E-state index >= 15 is 0 Å². The van der Waals surface area contributed by atoms with E-state index in [0.717, 1.165) is 38.5 Å². The second-order valence-electron chi connectivity index (χ2n) is 13.3. The number of aliphatic hydroxyl groups is 2. The predicted octanol–water partition coefficient (Wildman–Crippen LogP) is 11.7. The number of carbonyl (C=O) groups excluding carboxylic acids is 1. The van der Waals surface area contributed by atoms with E-state index in [2.05, 4.69) is 31.3 Å². The third-order valence-corrected chi connectivity index (χ3v) is 8.92. The summed E-state index contributed by atoms with van der Waals surface area (Å²) in [5.74, 6) is -0.0758. The number of allylic oxidation sites excluding steroid dienone is 3. The molecule has 0 aliphatic heterocycles. The fourth-order valence-electron chi connectivity index (χ4n) is 5.91. The van der Waals surface area contributed by atoms with Crippen LogP contribution in [0.5, 0.6) is 0 Å². The average Bonchev–Trinajstić information content (AvgIpc) is 3.03. The number of aliphatic hydroxyl groups excluding tert-OH is 2. The van der Waals surface area contributed by atoms with Gasteiger partial charge in [0.25, 0.3) is 0 Å². The molecule has 2 atom stereocenters. The molecule has 0 bridgehead atoms. The van der Waals surface area contributed by atoms with Crippen LogP contribution in [0.1, 0.15) is 206 Å². The highest BCUT2D eigenvalue weighted by molar-refractivity contribution is 5.76. The minimum atomic E-state index is -0.854. The van der Waals surface area contributed by atoms with E-state index in [-0.39, 0.29) is 12.5 Å². The normalized spacial score (nSPS) is 13.3. The lowest BCUT2D eigenvalue weighted by molar-refractivity contribution is -0.123. The second kappa shape index (κ2) is 36.3. The Morgan fingerprint density at radius 3 is 1.27 bits per heavy atom. The van der Waals surface area contributed by atoms with Crippen molar-refractivity contribution in [2.24, 2.45) is 0 Å². The van der Waals surface area contributed by atoms with E-state index in [0.29, 0.717) is 6.42 Å². The van der Waals surface area contributed by atoms with Gasteiger partial charge in [-0.25, -0.2) is 0 Å². The minimum Gasteiger partial charge on any atom is -0.394 e. The quantitative estimate of drug-likeness (QED) is 0.0488. The van der Waals surface area contributed by atoms with Gasteiger partial charge in [0.2, 0.25) is 5.91 Å².